The van der Waals surface area contributed by atoms with Gasteiger partial charge in [-0.1, -0.05) is 0 Å². The molecule has 0 aromatic carbocycles. The molecule has 2 N–H and O–H groups in total. The summed E-state index contributed by atoms with van der Waals surface area (Å²) in [6.45, 7) is -0.478. The summed E-state index contributed by atoms with van der Waals surface area (Å²) in [7, 11) is 1.77. The van der Waals surface area contributed by atoms with Crippen molar-refractivity contribution in [2.45, 2.75) is 37.3 Å². The highest BCUT2D eigenvalue weighted by molar-refractivity contribution is 4.95. The highest BCUT2D eigenvalue weighted by Crippen LogP contribution is 2.31. The molecule has 1 saturated carbocycles. The Balaban J connectivity index is 2.32. The van der Waals surface area contributed by atoms with Crippen LogP contribution < -0.4 is 5.32 Å². The first-order valence-electron chi connectivity index (χ1n) is 4.81. The summed E-state index contributed by atoms with van der Waals surface area (Å²) in [5.41, 5.74) is -0.327. The summed E-state index contributed by atoms with van der Waals surface area (Å²) in [6, 6.07) is 0. The summed E-state index contributed by atoms with van der Waals surface area (Å²) in [4.78, 5) is 0. The molecule has 14 heavy (non-hydrogen) atoms. The third-order valence-electron chi connectivity index (χ3n) is 2.85. The molecule has 0 heterocycles. The Morgan fingerprint density at radius 2 is 2.36 bits per heavy atom. The van der Waals surface area contributed by atoms with Gasteiger partial charge in [0.25, 0.3) is 6.43 Å². The van der Waals surface area contributed by atoms with Crippen molar-refractivity contribution in [3.05, 3.63) is 0 Å². The average molecular weight is 209 g/mol. The maximum Gasteiger partial charge on any atom is 0.261 e. The predicted octanol–water partition coefficient (Wildman–Crippen LogP) is 0.771. The van der Waals surface area contributed by atoms with E-state index < -0.39 is 13.0 Å². The second-order valence-corrected chi connectivity index (χ2v) is 3.78. The molecule has 0 aromatic heterocycles. The third-order valence-corrected chi connectivity index (χ3v) is 2.85. The summed E-state index contributed by atoms with van der Waals surface area (Å²) < 4.78 is 28.7. The van der Waals surface area contributed by atoms with Crippen molar-refractivity contribution in [1.82, 2.24) is 5.32 Å². The first-order chi connectivity index (χ1) is 6.62. The first-order valence-corrected chi connectivity index (χ1v) is 4.81. The molecule has 0 spiro atoms. The molecule has 5 heteroatoms. The van der Waals surface area contributed by atoms with E-state index in [4.69, 9.17) is 9.84 Å². The van der Waals surface area contributed by atoms with Gasteiger partial charge in [0.2, 0.25) is 0 Å². The Bertz CT molecular complexity index is 174. The van der Waals surface area contributed by atoms with Crippen molar-refractivity contribution in [3.8, 4) is 0 Å². The number of aliphatic hydroxyl groups excluding tert-OH is 1. The van der Waals surface area contributed by atoms with Crippen molar-refractivity contribution in [2.75, 3.05) is 20.3 Å². The van der Waals surface area contributed by atoms with Crippen LogP contribution in [-0.4, -0.2) is 43.4 Å². The van der Waals surface area contributed by atoms with Crippen molar-refractivity contribution >= 4 is 0 Å². The zero-order chi connectivity index (χ0) is 10.6. The Kier molecular flexibility index (Phi) is 4.22. The minimum atomic E-state index is -2.41. The molecule has 0 bridgehead atoms. The molecule has 2 unspecified atom stereocenters. The van der Waals surface area contributed by atoms with Crippen LogP contribution in [-0.2, 0) is 4.74 Å². The van der Waals surface area contributed by atoms with Crippen molar-refractivity contribution in [1.29, 1.82) is 0 Å². The Labute approximate surface area is 82.4 Å². The van der Waals surface area contributed by atoms with Crippen LogP contribution in [0.5, 0.6) is 0 Å². The molecular formula is C9H17F2NO2. The Hall–Kier alpha value is -0.260. The van der Waals surface area contributed by atoms with E-state index in [1.165, 1.54) is 0 Å². The minimum Gasteiger partial charge on any atom is -0.394 e. The SMILES string of the molecule is CNC1(CO)CCC(OCC(F)F)C1. The van der Waals surface area contributed by atoms with E-state index in [9.17, 15) is 8.78 Å². The molecule has 1 rings (SSSR count). The van der Waals surface area contributed by atoms with E-state index in [1.807, 2.05) is 0 Å². The summed E-state index contributed by atoms with van der Waals surface area (Å²) in [6.07, 6.45) is -0.452. The van der Waals surface area contributed by atoms with E-state index in [1.54, 1.807) is 7.05 Å². The van der Waals surface area contributed by atoms with Crippen LogP contribution >= 0.6 is 0 Å². The quantitative estimate of drug-likeness (QED) is 0.702. The van der Waals surface area contributed by atoms with Crippen LogP contribution in [0.15, 0.2) is 0 Å². The number of hydrogen-bond acceptors (Lipinski definition) is 3. The van der Waals surface area contributed by atoms with Gasteiger partial charge in [0.1, 0.15) is 6.61 Å². The Morgan fingerprint density at radius 1 is 1.64 bits per heavy atom. The van der Waals surface area contributed by atoms with Crippen LogP contribution in [0, 0.1) is 0 Å². The minimum absolute atomic E-state index is 0.0258. The maximum atomic E-state index is 11.9. The summed E-state index contributed by atoms with van der Waals surface area (Å²) in [5.74, 6) is 0. The van der Waals surface area contributed by atoms with Gasteiger partial charge in [-0.2, -0.15) is 0 Å². The summed E-state index contributed by atoms with van der Waals surface area (Å²) >= 11 is 0. The van der Waals surface area contributed by atoms with Crippen molar-refractivity contribution < 1.29 is 18.6 Å². The fourth-order valence-corrected chi connectivity index (χ4v) is 1.88. The predicted molar refractivity (Wildman–Crippen MR) is 48.5 cm³/mol. The van der Waals surface area contributed by atoms with Crippen LogP contribution in [0.25, 0.3) is 0 Å². The molecular weight excluding hydrogens is 192 g/mol. The maximum absolute atomic E-state index is 11.9. The van der Waals surface area contributed by atoms with Crippen LogP contribution in [0.2, 0.25) is 0 Å². The highest BCUT2D eigenvalue weighted by atomic mass is 19.3. The molecule has 0 aromatic rings. The summed E-state index contributed by atoms with van der Waals surface area (Å²) in [5, 5.41) is 12.2. The van der Waals surface area contributed by atoms with Crippen LogP contribution in [0.1, 0.15) is 19.3 Å². The molecule has 1 aliphatic rings. The second-order valence-electron chi connectivity index (χ2n) is 3.78. The largest absolute Gasteiger partial charge is 0.394 e. The number of nitrogens with one attached hydrogen (secondary N) is 1. The number of rotatable bonds is 5. The van der Waals surface area contributed by atoms with Gasteiger partial charge in [-0.15, -0.1) is 0 Å². The van der Waals surface area contributed by atoms with Crippen molar-refractivity contribution in [2.24, 2.45) is 0 Å². The van der Waals surface area contributed by atoms with E-state index in [-0.39, 0.29) is 18.2 Å². The number of hydrogen-bond donors (Lipinski definition) is 2. The molecule has 0 aliphatic heterocycles. The highest BCUT2D eigenvalue weighted by Gasteiger charge is 2.38. The first kappa shape index (κ1) is 11.8. The number of alkyl halides is 2. The molecule has 3 nitrogen and oxygen atoms in total. The van der Waals surface area contributed by atoms with E-state index >= 15 is 0 Å². The lowest BCUT2D eigenvalue weighted by atomic mass is 9.99. The zero-order valence-electron chi connectivity index (χ0n) is 8.30. The van der Waals surface area contributed by atoms with Crippen molar-refractivity contribution in [3.63, 3.8) is 0 Å². The Morgan fingerprint density at radius 3 is 2.79 bits per heavy atom. The van der Waals surface area contributed by atoms with Gasteiger partial charge in [-0.05, 0) is 26.3 Å². The molecule has 0 amide bonds. The normalized spacial score (nSPS) is 32.8. The van der Waals surface area contributed by atoms with Crippen LogP contribution in [0.4, 0.5) is 8.78 Å². The monoisotopic (exact) mass is 209 g/mol. The lowest BCUT2D eigenvalue weighted by molar-refractivity contribution is -0.0248. The molecule has 0 radical (unpaired) electrons. The topological polar surface area (TPSA) is 41.5 Å². The number of aliphatic hydroxyl groups is 1. The molecule has 1 aliphatic carbocycles. The van der Waals surface area contributed by atoms with Crippen LogP contribution in [0.3, 0.4) is 0 Å². The van der Waals surface area contributed by atoms with Gasteiger partial charge >= 0.3 is 0 Å². The fraction of sp³-hybridized carbons (Fsp3) is 1.00. The molecule has 1 fully saturated rings. The lowest BCUT2D eigenvalue weighted by Crippen LogP contribution is -2.44. The molecule has 2 atom stereocenters. The third kappa shape index (κ3) is 2.87. The van der Waals surface area contributed by atoms with E-state index in [0.29, 0.717) is 6.42 Å². The van der Waals surface area contributed by atoms with Gasteiger partial charge in [-0.3, -0.25) is 0 Å². The van der Waals surface area contributed by atoms with Gasteiger partial charge < -0.3 is 15.2 Å². The van der Waals surface area contributed by atoms with Gasteiger partial charge in [-0.25, -0.2) is 8.78 Å². The smallest absolute Gasteiger partial charge is 0.261 e. The number of ether oxygens (including phenoxy) is 1. The molecule has 84 valence electrons. The van der Waals surface area contributed by atoms with Gasteiger partial charge in [0.05, 0.1) is 12.7 Å². The van der Waals surface area contributed by atoms with E-state index in [0.717, 1.165) is 12.8 Å². The lowest BCUT2D eigenvalue weighted by Gasteiger charge is -2.26. The standard InChI is InChI=1S/C9H17F2NO2/c1-12-9(6-13)3-2-7(4-9)14-5-8(10)11/h7-8,12-13H,2-6H2,1H3. The number of likely N-dealkylation sites (N-methyl/N-ethyl adjacent to an activating group) is 1. The molecule has 0 saturated heterocycles. The average Bonchev–Trinajstić information content (AvgIpc) is 2.59. The van der Waals surface area contributed by atoms with Gasteiger partial charge in [0.15, 0.2) is 0 Å². The number of halogens is 2. The second kappa shape index (κ2) is 5.00. The van der Waals surface area contributed by atoms with E-state index in [2.05, 4.69) is 5.32 Å². The zero-order valence-corrected chi connectivity index (χ0v) is 8.30. The fourth-order valence-electron chi connectivity index (χ4n) is 1.88. The van der Waals surface area contributed by atoms with Gasteiger partial charge in [0, 0.05) is 5.54 Å².